The highest BCUT2D eigenvalue weighted by Gasteiger charge is 2.04. The van der Waals surface area contributed by atoms with Gasteiger partial charge in [0.2, 0.25) is 0 Å². The van der Waals surface area contributed by atoms with E-state index in [1.165, 1.54) is 0 Å². The maximum atomic E-state index is 5.91. The summed E-state index contributed by atoms with van der Waals surface area (Å²) in [5.41, 5.74) is 1.80. The van der Waals surface area contributed by atoms with Gasteiger partial charge in [-0.2, -0.15) is 0 Å². The molecule has 0 amide bonds. The molecule has 2 aromatic rings. The lowest BCUT2D eigenvalue weighted by Gasteiger charge is -2.10. The summed E-state index contributed by atoms with van der Waals surface area (Å²) in [5.74, 6) is 0.751. The van der Waals surface area contributed by atoms with Crippen molar-refractivity contribution < 1.29 is 9.26 Å². The van der Waals surface area contributed by atoms with Gasteiger partial charge in [0.1, 0.15) is 12.0 Å². The van der Waals surface area contributed by atoms with Crippen molar-refractivity contribution >= 4 is 17.3 Å². The number of ether oxygens (including phenoxy) is 1. The van der Waals surface area contributed by atoms with Crippen molar-refractivity contribution in [1.29, 1.82) is 0 Å². The molecule has 0 aliphatic rings. The van der Waals surface area contributed by atoms with Gasteiger partial charge in [0.05, 0.1) is 19.0 Å². The molecule has 1 aromatic carbocycles. The number of hydrogen-bond acceptors (Lipinski definition) is 4. The fourth-order valence-corrected chi connectivity index (χ4v) is 1.50. The Morgan fingerprint density at radius 2 is 2.38 bits per heavy atom. The smallest absolute Gasteiger partial charge is 0.142 e. The second kappa shape index (κ2) is 4.90. The molecule has 2 rings (SSSR count). The summed E-state index contributed by atoms with van der Waals surface area (Å²) >= 11 is 5.91. The molecule has 5 heteroatoms. The van der Waals surface area contributed by atoms with Gasteiger partial charge >= 0.3 is 0 Å². The highest BCUT2D eigenvalue weighted by Crippen LogP contribution is 2.27. The lowest BCUT2D eigenvalue weighted by atomic mass is 10.2. The Morgan fingerprint density at radius 3 is 3.06 bits per heavy atom. The summed E-state index contributed by atoms with van der Waals surface area (Å²) < 4.78 is 9.95. The second-order valence-electron chi connectivity index (χ2n) is 3.23. The van der Waals surface area contributed by atoms with Gasteiger partial charge in [-0.15, -0.1) is 0 Å². The summed E-state index contributed by atoms with van der Waals surface area (Å²) in [6, 6.07) is 5.41. The monoisotopic (exact) mass is 238 g/mol. The van der Waals surface area contributed by atoms with Crippen LogP contribution < -0.4 is 10.1 Å². The number of benzene rings is 1. The van der Waals surface area contributed by atoms with E-state index >= 15 is 0 Å². The van der Waals surface area contributed by atoms with Crippen LogP contribution in [0.2, 0.25) is 5.02 Å². The minimum atomic E-state index is 0.611. The van der Waals surface area contributed by atoms with Crippen LogP contribution in [0.1, 0.15) is 5.56 Å². The standard InChI is InChI=1S/C11H11ClN2O2/c1-15-11-3-2-9(12)4-10(11)13-5-8-6-14-16-7-8/h2-4,6-7,13H,5H2,1H3. The van der Waals surface area contributed by atoms with Crippen LogP contribution in [0, 0.1) is 0 Å². The molecule has 0 aliphatic heterocycles. The van der Waals surface area contributed by atoms with Crippen molar-refractivity contribution in [3.05, 3.63) is 41.2 Å². The van der Waals surface area contributed by atoms with Crippen LogP contribution in [0.3, 0.4) is 0 Å². The van der Waals surface area contributed by atoms with E-state index in [1.807, 2.05) is 12.1 Å². The maximum absolute atomic E-state index is 5.91. The average molecular weight is 239 g/mol. The zero-order valence-corrected chi connectivity index (χ0v) is 9.49. The zero-order valence-electron chi connectivity index (χ0n) is 8.74. The third-order valence-corrected chi connectivity index (χ3v) is 2.36. The predicted octanol–water partition coefficient (Wildman–Crippen LogP) is 2.95. The summed E-state index contributed by atoms with van der Waals surface area (Å²) in [5, 5.41) is 7.48. The molecule has 1 N–H and O–H groups in total. The fourth-order valence-electron chi connectivity index (χ4n) is 1.33. The van der Waals surface area contributed by atoms with E-state index in [9.17, 15) is 0 Å². The number of hydrogen-bond donors (Lipinski definition) is 1. The Hall–Kier alpha value is -1.68. The predicted molar refractivity (Wildman–Crippen MR) is 61.8 cm³/mol. The van der Waals surface area contributed by atoms with Crippen molar-refractivity contribution in [2.75, 3.05) is 12.4 Å². The van der Waals surface area contributed by atoms with Gasteiger partial charge in [0.25, 0.3) is 0 Å². The molecule has 1 aromatic heterocycles. The maximum Gasteiger partial charge on any atom is 0.142 e. The van der Waals surface area contributed by atoms with Gasteiger partial charge < -0.3 is 14.6 Å². The van der Waals surface area contributed by atoms with E-state index in [0.29, 0.717) is 11.6 Å². The molecule has 84 valence electrons. The third-order valence-electron chi connectivity index (χ3n) is 2.13. The van der Waals surface area contributed by atoms with Crippen molar-refractivity contribution in [3.63, 3.8) is 0 Å². The van der Waals surface area contributed by atoms with E-state index in [-0.39, 0.29) is 0 Å². The van der Waals surface area contributed by atoms with Crippen LogP contribution in [-0.2, 0) is 6.54 Å². The van der Waals surface area contributed by atoms with Gasteiger partial charge in [-0.25, -0.2) is 0 Å². The van der Waals surface area contributed by atoms with Crippen LogP contribution >= 0.6 is 11.6 Å². The Bertz CT molecular complexity index is 457. The minimum Gasteiger partial charge on any atom is -0.495 e. The summed E-state index contributed by atoms with van der Waals surface area (Å²) in [4.78, 5) is 0. The molecule has 0 spiro atoms. The molecule has 0 saturated heterocycles. The molecule has 0 radical (unpaired) electrons. The molecule has 16 heavy (non-hydrogen) atoms. The Morgan fingerprint density at radius 1 is 1.50 bits per heavy atom. The van der Waals surface area contributed by atoms with Crippen molar-refractivity contribution in [2.24, 2.45) is 0 Å². The third kappa shape index (κ3) is 2.46. The number of methoxy groups -OCH3 is 1. The molecule has 0 atom stereocenters. The second-order valence-corrected chi connectivity index (χ2v) is 3.67. The van der Waals surface area contributed by atoms with Crippen molar-refractivity contribution in [3.8, 4) is 5.75 Å². The minimum absolute atomic E-state index is 0.611. The topological polar surface area (TPSA) is 47.3 Å². The number of rotatable bonds is 4. The van der Waals surface area contributed by atoms with Crippen molar-refractivity contribution in [2.45, 2.75) is 6.54 Å². The van der Waals surface area contributed by atoms with Crippen molar-refractivity contribution in [1.82, 2.24) is 5.16 Å². The summed E-state index contributed by atoms with van der Waals surface area (Å²) in [7, 11) is 1.62. The molecule has 0 bridgehead atoms. The van der Waals surface area contributed by atoms with Gasteiger partial charge in [0.15, 0.2) is 0 Å². The quantitative estimate of drug-likeness (QED) is 0.890. The molecular weight excluding hydrogens is 228 g/mol. The molecule has 4 nitrogen and oxygen atoms in total. The summed E-state index contributed by atoms with van der Waals surface area (Å²) in [6.07, 6.45) is 3.24. The average Bonchev–Trinajstić information content (AvgIpc) is 2.79. The first-order valence-corrected chi connectivity index (χ1v) is 5.13. The van der Waals surface area contributed by atoms with Gasteiger partial charge in [-0.05, 0) is 18.2 Å². The van der Waals surface area contributed by atoms with Crippen LogP contribution in [0.5, 0.6) is 5.75 Å². The molecule has 0 aliphatic carbocycles. The van der Waals surface area contributed by atoms with E-state index in [0.717, 1.165) is 17.0 Å². The van der Waals surface area contributed by atoms with E-state index in [1.54, 1.807) is 25.6 Å². The first-order valence-electron chi connectivity index (χ1n) is 4.75. The van der Waals surface area contributed by atoms with Gasteiger partial charge in [-0.3, -0.25) is 0 Å². The highest BCUT2D eigenvalue weighted by atomic mass is 35.5. The van der Waals surface area contributed by atoms with E-state index in [4.69, 9.17) is 20.9 Å². The van der Waals surface area contributed by atoms with Crippen LogP contribution in [0.15, 0.2) is 35.2 Å². The molecule has 0 fully saturated rings. The number of halogens is 1. The number of nitrogens with one attached hydrogen (secondary N) is 1. The van der Waals surface area contributed by atoms with Crippen LogP contribution in [0.25, 0.3) is 0 Å². The zero-order chi connectivity index (χ0) is 11.4. The molecular formula is C11H11ClN2O2. The van der Waals surface area contributed by atoms with Crippen LogP contribution in [0.4, 0.5) is 5.69 Å². The Kier molecular flexibility index (Phi) is 3.31. The first kappa shape index (κ1) is 10.8. The Balaban J connectivity index is 2.11. The van der Waals surface area contributed by atoms with Gasteiger partial charge in [-0.1, -0.05) is 16.8 Å². The largest absolute Gasteiger partial charge is 0.495 e. The van der Waals surface area contributed by atoms with E-state index < -0.39 is 0 Å². The van der Waals surface area contributed by atoms with E-state index in [2.05, 4.69) is 10.5 Å². The number of aromatic nitrogens is 1. The molecule has 0 unspecified atom stereocenters. The lowest BCUT2D eigenvalue weighted by Crippen LogP contribution is -2.00. The Labute approximate surface area is 98.2 Å². The van der Waals surface area contributed by atoms with Gasteiger partial charge in [0, 0.05) is 17.1 Å². The van der Waals surface area contributed by atoms with Crippen LogP contribution in [-0.4, -0.2) is 12.3 Å². The normalized spacial score (nSPS) is 10.1. The number of nitrogens with zero attached hydrogens (tertiary/aromatic N) is 1. The fraction of sp³-hybridized carbons (Fsp3) is 0.182. The highest BCUT2D eigenvalue weighted by molar-refractivity contribution is 6.30. The number of anilines is 1. The molecule has 0 saturated carbocycles. The SMILES string of the molecule is COc1ccc(Cl)cc1NCc1cnoc1. The first-order chi connectivity index (χ1) is 7.79. The lowest BCUT2D eigenvalue weighted by molar-refractivity contribution is 0.416. The summed E-state index contributed by atoms with van der Waals surface area (Å²) in [6.45, 7) is 0.611. The molecule has 1 heterocycles.